The number of benzene rings is 1. The third-order valence-corrected chi connectivity index (χ3v) is 3.17. The number of hydrogen-bond acceptors (Lipinski definition) is 3. The van der Waals surface area contributed by atoms with Crippen molar-refractivity contribution < 1.29 is 4.74 Å². The monoisotopic (exact) mass is 295 g/mol. The van der Waals surface area contributed by atoms with Gasteiger partial charge in [-0.2, -0.15) is 5.10 Å². The van der Waals surface area contributed by atoms with Crippen LogP contribution >= 0.6 is 15.9 Å². The number of nitrogen functional groups attached to an aromatic ring is 1. The minimum Gasteiger partial charge on any atom is -0.495 e. The van der Waals surface area contributed by atoms with Gasteiger partial charge in [0, 0.05) is 18.7 Å². The van der Waals surface area contributed by atoms with E-state index < -0.39 is 0 Å². The van der Waals surface area contributed by atoms with Crippen molar-refractivity contribution in [1.82, 2.24) is 9.78 Å². The molecule has 1 heterocycles. The molecule has 17 heavy (non-hydrogen) atoms. The second-order valence-corrected chi connectivity index (χ2v) is 4.76. The van der Waals surface area contributed by atoms with Gasteiger partial charge in [0.05, 0.1) is 17.3 Å². The fourth-order valence-corrected chi connectivity index (χ4v) is 2.48. The van der Waals surface area contributed by atoms with E-state index in [9.17, 15) is 0 Å². The topological polar surface area (TPSA) is 53.1 Å². The van der Waals surface area contributed by atoms with Crippen LogP contribution < -0.4 is 10.5 Å². The molecule has 0 unspecified atom stereocenters. The fourth-order valence-electron chi connectivity index (χ4n) is 1.74. The quantitative estimate of drug-likeness (QED) is 0.927. The Morgan fingerprint density at radius 1 is 1.35 bits per heavy atom. The summed E-state index contributed by atoms with van der Waals surface area (Å²) in [5, 5.41) is 4.36. The van der Waals surface area contributed by atoms with Gasteiger partial charge in [0.1, 0.15) is 11.6 Å². The average molecular weight is 296 g/mol. The van der Waals surface area contributed by atoms with Crippen molar-refractivity contribution in [2.24, 2.45) is 7.05 Å². The predicted molar refractivity (Wildman–Crippen MR) is 72.0 cm³/mol. The van der Waals surface area contributed by atoms with Gasteiger partial charge >= 0.3 is 0 Å². The highest BCUT2D eigenvalue weighted by molar-refractivity contribution is 9.10. The second kappa shape index (κ2) is 4.41. The van der Waals surface area contributed by atoms with Gasteiger partial charge in [0.25, 0.3) is 0 Å². The number of anilines is 1. The van der Waals surface area contributed by atoms with Crippen LogP contribution in [0.15, 0.2) is 22.7 Å². The zero-order valence-corrected chi connectivity index (χ0v) is 11.6. The molecule has 1 aromatic heterocycles. The van der Waals surface area contributed by atoms with Crippen LogP contribution in [-0.2, 0) is 7.05 Å². The lowest BCUT2D eigenvalue weighted by molar-refractivity contribution is 0.413. The highest BCUT2D eigenvalue weighted by atomic mass is 79.9. The van der Waals surface area contributed by atoms with Crippen molar-refractivity contribution in [2.45, 2.75) is 6.92 Å². The molecule has 2 N–H and O–H groups in total. The van der Waals surface area contributed by atoms with E-state index in [1.165, 1.54) is 0 Å². The molecule has 2 aromatic rings. The van der Waals surface area contributed by atoms with Gasteiger partial charge in [-0.1, -0.05) is 0 Å². The van der Waals surface area contributed by atoms with Gasteiger partial charge in [-0.05, 0) is 40.5 Å². The van der Waals surface area contributed by atoms with Crippen molar-refractivity contribution >= 4 is 21.7 Å². The van der Waals surface area contributed by atoms with Crippen molar-refractivity contribution in [1.29, 1.82) is 0 Å². The van der Waals surface area contributed by atoms with Crippen LogP contribution in [-0.4, -0.2) is 16.9 Å². The summed E-state index contributed by atoms with van der Waals surface area (Å²) in [4.78, 5) is 0. The summed E-state index contributed by atoms with van der Waals surface area (Å²) in [6.45, 7) is 2.03. The SMILES string of the molecule is COc1c(Br)cc(C)cc1-c1cc(N)n(C)n1. The lowest BCUT2D eigenvalue weighted by atomic mass is 10.1. The standard InChI is InChI=1S/C12H14BrN3O/c1-7-4-8(12(17-3)9(13)5-7)10-6-11(14)16(2)15-10/h4-6H,14H2,1-3H3. The molecule has 4 nitrogen and oxygen atoms in total. The third-order valence-electron chi connectivity index (χ3n) is 2.58. The number of nitrogens with zero attached hydrogens (tertiary/aromatic N) is 2. The van der Waals surface area contributed by atoms with E-state index in [0.717, 1.165) is 27.0 Å². The summed E-state index contributed by atoms with van der Waals surface area (Å²) < 4.78 is 7.96. The van der Waals surface area contributed by atoms with Crippen molar-refractivity contribution in [3.8, 4) is 17.0 Å². The summed E-state index contributed by atoms with van der Waals surface area (Å²) in [5.41, 5.74) is 8.68. The molecular weight excluding hydrogens is 282 g/mol. The Morgan fingerprint density at radius 2 is 2.06 bits per heavy atom. The largest absolute Gasteiger partial charge is 0.495 e. The first-order valence-electron chi connectivity index (χ1n) is 5.17. The molecule has 0 spiro atoms. The van der Waals surface area contributed by atoms with Crippen molar-refractivity contribution in [3.63, 3.8) is 0 Å². The van der Waals surface area contributed by atoms with Gasteiger partial charge in [-0.25, -0.2) is 0 Å². The van der Waals surface area contributed by atoms with Crippen LogP contribution in [0.2, 0.25) is 0 Å². The van der Waals surface area contributed by atoms with Crippen molar-refractivity contribution in [3.05, 3.63) is 28.2 Å². The van der Waals surface area contributed by atoms with E-state index in [4.69, 9.17) is 10.5 Å². The van der Waals surface area contributed by atoms with Gasteiger partial charge < -0.3 is 10.5 Å². The van der Waals surface area contributed by atoms with E-state index in [2.05, 4.69) is 21.0 Å². The minimum atomic E-state index is 0.625. The van der Waals surface area contributed by atoms with Crippen molar-refractivity contribution in [2.75, 3.05) is 12.8 Å². The van der Waals surface area contributed by atoms with Gasteiger partial charge in [-0.3, -0.25) is 4.68 Å². The van der Waals surface area contributed by atoms with E-state index in [1.54, 1.807) is 11.8 Å². The fraction of sp³-hybridized carbons (Fsp3) is 0.250. The highest BCUT2D eigenvalue weighted by Gasteiger charge is 2.14. The molecular formula is C12H14BrN3O. The zero-order chi connectivity index (χ0) is 12.6. The maximum atomic E-state index is 5.79. The van der Waals surface area contributed by atoms with E-state index in [0.29, 0.717) is 5.82 Å². The Balaban J connectivity index is 2.65. The summed E-state index contributed by atoms with van der Waals surface area (Å²) in [6, 6.07) is 5.88. The predicted octanol–water partition coefficient (Wildman–Crippen LogP) is 2.75. The molecule has 1 aromatic carbocycles. The zero-order valence-electron chi connectivity index (χ0n) is 9.99. The molecule has 90 valence electrons. The average Bonchev–Trinajstić information content (AvgIpc) is 2.58. The lowest BCUT2D eigenvalue weighted by Crippen LogP contribution is -1.97. The van der Waals surface area contributed by atoms with Crippen LogP contribution in [0.4, 0.5) is 5.82 Å². The number of aryl methyl sites for hydroxylation is 2. The Kier molecular flexibility index (Phi) is 3.11. The van der Waals surface area contributed by atoms with Gasteiger partial charge in [-0.15, -0.1) is 0 Å². The van der Waals surface area contributed by atoms with E-state index in [-0.39, 0.29) is 0 Å². The molecule has 0 fully saturated rings. The molecule has 0 aliphatic heterocycles. The Morgan fingerprint density at radius 3 is 2.59 bits per heavy atom. The molecule has 0 radical (unpaired) electrons. The number of halogens is 1. The molecule has 0 bridgehead atoms. The van der Waals surface area contributed by atoms with Crippen LogP contribution in [0, 0.1) is 6.92 Å². The van der Waals surface area contributed by atoms with Crippen LogP contribution in [0.25, 0.3) is 11.3 Å². The maximum absolute atomic E-state index is 5.79. The number of ether oxygens (including phenoxy) is 1. The first-order valence-corrected chi connectivity index (χ1v) is 5.96. The molecule has 0 amide bonds. The summed E-state index contributed by atoms with van der Waals surface area (Å²) in [7, 11) is 3.46. The second-order valence-electron chi connectivity index (χ2n) is 3.91. The number of nitrogens with two attached hydrogens (primary N) is 1. The van der Waals surface area contributed by atoms with Gasteiger partial charge in [0.2, 0.25) is 0 Å². The molecule has 0 saturated carbocycles. The molecule has 5 heteroatoms. The normalized spacial score (nSPS) is 10.6. The molecule has 2 rings (SSSR count). The number of hydrogen-bond donors (Lipinski definition) is 1. The van der Waals surface area contributed by atoms with Gasteiger partial charge in [0.15, 0.2) is 0 Å². The molecule has 0 saturated heterocycles. The summed E-state index contributed by atoms with van der Waals surface area (Å²) >= 11 is 3.49. The highest BCUT2D eigenvalue weighted by Crippen LogP contribution is 2.37. The first-order chi connectivity index (χ1) is 8.02. The number of methoxy groups -OCH3 is 1. The Labute approximate surface area is 109 Å². The molecule has 0 atom stereocenters. The van der Waals surface area contributed by atoms with Crippen LogP contribution in [0.5, 0.6) is 5.75 Å². The molecule has 0 aliphatic rings. The maximum Gasteiger partial charge on any atom is 0.142 e. The Hall–Kier alpha value is -1.49. The lowest BCUT2D eigenvalue weighted by Gasteiger charge is -2.09. The summed E-state index contributed by atoms with van der Waals surface area (Å²) in [5.74, 6) is 1.40. The minimum absolute atomic E-state index is 0.625. The third kappa shape index (κ3) is 2.15. The number of rotatable bonds is 2. The summed E-state index contributed by atoms with van der Waals surface area (Å²) in [6.07, 6.45) is 0. The first kappa shape index (κ1) is 12.0. The van der Waals surface area contributed by atoms with E-state index in [1.807, 2.05) is 32.2 Å². The molecule has 0 aliphatic carbocycles. The van der Waals surface area contributed by atoms with E-state index >= 15 is 0 Å². The number of aromatic nitrogens is 2. The Bertz CT molecular complexity index is 544. The smallest absolute Gasteiger partial charge is 0.142 e. The van der Waals surface area contributed by atoms with Crippen LogP contribution in [0.1, 0.15) is 5.56 Å². The van der Waals surface area contributed by atoms with Crippen LogP contribution in [0.3, 0.4) is 0 Å².